The Hall–Kier alpha value is -3.41. The number of carbonyl (C=O) groups excluding carboxylic acids is 3. The van der Waals surface area contributed by atoms with E-state index in [0.717, 1.165) is 103 Å². The van der Waals surface area contributed by atoms with Gasteiger partial charge in [-0.25, -0.2) is 0 Å². The molecule has 8 fully saturated rings. The lowest BCUT2D eigenvalue weighted by Gasteiger charge is -2.56. The van der Waals surface area contributed by atoms with Gasteiger partial charge in [0.15, 0.2) is 0 Å². The van der Waals surface area contributed by atoms with E-state index in [2.05, 4.69) is 21.7 Å². The number of nitrogens with one attached hydrogen (secondary N) is 3. The molecule has 0 saturated heterocycles. The molecule has 1 aromatic heterocycles. The van der Waals surface area contributed by atoms with Crippen molar-refractivity contribution in [3.05, 3.63) is 54.1 Å². The van der Waals surface area contributed by atoms with E-state index in [9.17, 15) is 14.4 Å². The molecule has 2 amide bonds. The summed E-state index contributed by atoms with van der Waals surface area (Å²) in [7, 11) is 0. The highest BCUT2D eigenvalue weighted by Gasteiger charge is 2.58. The van der Waals surface area contributed by atoms with E-state index < -0.39 is 0 Å². The zero-order valence-corrected chi connectivity index (χ0v) is 24.1. The first-order chi connectivity index (χ1) is 20.3. The van der Waals surface area contributed by atoms with E-state index in [1.54, 1.807) is 0 Å². The van der Waals surface area contributed by atoms with Gasteiger partial charge >= 0.3 is 0 Å². The molecule has 0 spiro atoms. The third kappa shape index (κ3) is 3.93. The molecule has 11 rings (SSSR count). The zero-order chi connectivity index (χ0) is 28.2. The SMILES string of the molecule is O=C(NC12CC3CC(CC(C3)C1)C2)c1ccc2cc(-c3ccc(NC(=O)C45CC6CC(C4)C(=O)C(C6)C5)cc3)[nH]c2c1. The summed E-state index contributed by atoms with van der Waals surface area (Å²) < 4.78 is 0. The van der Waals surface area contributed by atoms with Gasteiger partial charge in [0.05, 0.1) is 5.41 Å². The van der Waals surface area contributed by atoms with Gasteiger partial charge in [0.25, 0.3) is 5.91 Å². The summed E-state index contributed by atoms with van der Waals surface area (Å²) >= 11 is 0. The molecule has 8 aliphatic carbocycles. The molecule has 0 radical (unpaired) electrons. The Kier molecular flexibility index (Phi) is 5.27. The number of aromatic nitrogens is 1. The number of anilines is 1. The molecule has 2 unspecified atom stereocenters. The predicted octanol–water partition coefficient (Wildman–Crippen LogP) is 6.87. The summed E-state index contributed by atoms with van der Waals surface area (Å²) in [6.07, 6.45) is 11.9. The number of benzene rings is 2. The second-order valence-electron chi connectivity index (χ2n) is 15.2. The molecule has 3 aromatic rings. The number of aromatic amines is 1. The first-order valence-corrected chi connectivity index (χ1v) is 16.2. The maximum absolute atomic E-state index is 13.5. The van der Waals surface area contributed by atoms with Crippen LogP contribution in [0.2, 0.25) is 0 Å². The fraction of sp³-hybridized carbons (Fsp3) is 0.528. The lowest BCUT2D eigenvalue weighted by Crippen LogP contribution is -2.59. The highest BCUT2D eigenvalue weighted by molar-refractivity contribution is 6.00. The average molecular weight is 562 g/mol. The van der Waals surface area contributed by atoms with Crippen LogP contribution in [-0.2, 0) is 9.59 Å². The van der Waals surface area contributed by atoms with Crippen molar-refractivity contribution < 1.29 is 14.4 Å². The van der Waals surface area contributed by atoms with Crippen molar-refractivity contribution in [2.45, 2.75) is 76.2 Å². The van der Waals surface area contributed by atoms with Gasteiger partial charge in [0, 0.05) is 45.2 Å². The van der Waals surface area contributed by atoms with Crippen molar-refractivity contribution in [2.75, 3.05) is 5.32 Å². The Morgan fingerprint density at radius 3 is 2.05 bits per heavy atom. The van der Waals surface area contributed by atoms with Crippen LogP contribution in [0.25, 0.3) is 22.2 Å². The monoisotopic (exact) mass is 561 g/mol. The van der Waals surface area contributed by atoms with Crippen molar-refractivity contribution in [1.29, 1.82) is 0 Å². The Bertz CT molecular complexity index is 1580. The molecule has 0 aliphatic heterocycles. The Labute approximate surface area is 246 Å². The molecular weight excluding hydrogens is 522 g/mol. The van der Waals surface area contributed by atoms with Crippen LogP contribution in [0, 0.1) is 40.9 Å². The summed E-state index contributed by atoms with van der Waals surface area (Å²) in [5.74, 6) is 3.66. The summed E-state index contributed by atoms with van der Waals surface area (Å²) in [5.41, 5.74) is 4.12. The molecule has 6 heteroatoms. The molecule has 8 bridgehead atoms. The van der Waals surface area contributed by atoms with Crippen LogP contribution in [0.15, 0.2) is 48.5 Å². The number of fused-ring (bicyclic) bond motifs is 1. The van der Waals surface area contributed by atoms with Crippen molar-refractivity contribution in [3.8, 4) is 11.3 Å². The van der Waals surface area contributed by atoms with Gasteiger partial charge in [0.1, 0.15) is 5.78 Å². The molecule has 3 N–H and O–H groups in total. The Morgan fingerprint density at radius 1 is 0.738 bits per heavy atom. The van der Waals surface area contributed by atoms with E-state index in [4.69, 9.17) is 0 Å². The van der Waals surface area contributed by atoms with Gasteiger partial charge in [-0.05, 0) is 130 Å². The van der Waals surface area contributed by atoms with Crippen LogP contribution in [0.1, 0.15) is 81.0 Å². The molecule has 8 saturated carbocycles. The van der Waals surface area contributed by atoms with Gasteiger partial charge < -0.3 is 15.6 Å². The van der Waals surface area contributed by atoms with Crippen molar-refractivity contribution >= 4 is 34.2 Å². The lowest BCUT2D eigenvalue weighted by molar-refractivity contribution is -0.154. The predicted molar refractivity (Wildman–Crippen MR) is 162 cm³/mol. The number of hydrogen-bond acceptors (Lipinski definition) is 3. The highest BCUT2D eigenvalue weighted by atomic mass is 16.2. The number of amides is 2. The molecule has 2 aromatic carbocycles. The summed E-state index contributed by atoms with van der Waals surface area (Å²) in [6.45, 7) is 0. The first kappa shape index (κ1) is 25.1. The van der Waals surface area contributed by atoms with Crippen molar-refractivity contribution in [2.24, 2.45) is 40.9 Å². The minimum absolute atomic E-state index is 0.00592. The number of H-pyrrole nitrogens is 1. The Balaban J connectivity index is 0.898. The van der Waals surface area contributed by atoms with E-state index in [-0.39, 0.29) is 34.6 Å². The van der Waals surface area contributed by atoms with Crippen molar-refractivity contribution in [3.63, 3.8) is 0 Å². The van der Waals surface area contributed by atoms with Crippen LogP contribution in [0.3, 0.4) is 0 Å². The maximum Gasteiger partial charge on any atom is 0.251 e. The van der Waals surface area contributed by atoms with Crippen LogP contribution in [-0.4, -0.2) is 28.1 Å². The fourth-order valence-electron chi connectivity index (χ4n) is 11.0. The number of rotatable bonds is 5. The van der Waals surface area contributed by atoms with E-state index in [0.29, 0.717) is 11.7 Å². The molecule has 8 aliphatic rings. The number of carbonyl (C=O) groups is 3. The topological polar surface area (TPSA) is 91.1 Å². The normalized spacial score (nSPS) is 37.4. The van der Waals surface area contributed by atoms with Gasteiger partial charge in [0.2, 0.25) is 5.91 Å². The quantitative estimate of drug-likeness (QED) is 0.318. The van der Waals surface area contributed by atoms with Gasteiger partial charge in [-0.3, -0.25) is 14.4 Å². The van der Waals surface area contributed by atoms with Crippen molar-refractivity contribution in [1.82, 2.24) is 10.3 Å². The smallest absolute Gasteiger partial charge is 0.251 e. The molecule has 2 atom stereocenters. The molecule has 216 valence electrons. The largest absolute Gasteiger partial charge is 0.355 e. The summed E-state index contributed by atoms with van der Waals surface area (Å²) in [6, 6.07) is 16.1. The maximum atomic E-state index is 13.5. The second-order valence-corrected chi connectivity index (χ2v) is 15.2. The zero-order valence-electron chi connectivity index (χ0n) is 24.1. The van der Waals surface area contributed by atoms with Crippen LogP contribution < -0.4 is 10.6 Å². The number of Topliss-reactive ketones (excluding diaryl/α,β-unsaturated/α-hetero) is 1. The molecule has 1 heterocycles. The van der Waals surface area contributed by atoms with E-state index in [1.165, 1.54) is 19.3 Å². The third-order valence-electron chi connectivity index (χ3n) is 12.2. The molecule has 6 nitrogen and oxygen atoms in total. The van der Waals surface area contributed by atoms with E-state index >= 15 is 0 Å². The number of hydrogen-bond donors (Lipinski definition) is 3. The minimum Gasteiger partial charge on any atom is -0.355 e. The van der Waals surface area contributed by atoms with E-state index in [1.807, 2.05) is 42.5 Å². The fourth-order valence-corrected chi connectivity index (χ4v) is 11.0. The summed E-state index contributed by atoms with van der Waals surface area (Å²) in [5, 5.41) is 7.77. The third-order valence-corrected chi connectivity index (χ3v) is 12.2. The minimum atomic E-state index is -0.375. The molecular formula is C36H39N3O3. The van der Waals surface area contributed by atoms with Gasteiger partial charge in [-0.1, -0.05) is 18.2 Å². The van der Waals surface area contributed by atoms with Crippen LogP contribution in [0.5, 0.6) is 0 Å². The van der Waals surface area contributed by atoms with Gasteiger partial charge in [-0.15, -0.1) is 0 Å². The molecule has 42 heavy (non-hydrogen) atoms. The van der Waals surface area contributed by atoms with Crippen LogP contribution >= 0.6 is 0 Å². The first-order valence-electron chi connectivity index (χ1n) is 16.2. The summed E-state index contributed by atoms with van der Waals surface area (Å²) in [4.78, 5) is 43.0. The Morgan fingerprint density at radius 2 is 1.38 bits per heavy atom. The highest BCUT2D eigenvalue weighted by Crippen LogP contribution is 2.59. The number of ketones is 1. The van der Waals surface area contributed by atoms with Gasteiger partial charge in [-0.2, -0.15) is 0 Å². The second kappa shape index (κ2) is 8.81. The lowest BCUT2D eigenvalue weighted by atomic mass is 9.49. The average Bonchev–Trinajstić information content (AvgIpc) is 3.38. The standard InChI is InChI=1S/C36H39N3O3/c40-32-27-10-23-11-28(32)19-35(14-23,18-27)34(42)37-29-5-3-24(4-6-29)30-12-25-1-2-26(13-31(25)38-30)33(41)39-36-15-20-7-21(16-36)9-22(8-20)17-36/h1-6,12-13,20-23,27-28,38H,7-11,14-19H2,(H,37,42)(H,39,41). The van der Waals surface area contributed by atoms with Crippen LogP contribution in [0.4, 0.5) is 5.69 Å².